The van der Waals surface area contributed by atoms with Crippen LogP contribution in [-0.4, -0.2) is 17.7 Å². The molecule has 0 unspecified atom stereocenters. The summed E-state index contributed by atoms with van der Waals surface area (Å²) in [4.78, 5) is 37.6. The van der Waals surface area contributed by atoms with Crippen molar-refractivity contribution >= 4 is 23.4 Å². The van der Waals surface area contributed by atoms with E-state index in [2.05, 4.69) is 19.2 Å². The Labute approximate surface area is 159 Å². The lowest BCUT2D eigenvalue weighted by molar-refractivity contribution is -0.121. The second kappa shape index (κ2) is 8.16. The summed E-state index contributed by atoms with van der Waals surface area (Å²) >= 11 is 0. The maximum absolute atomic E-state index is 12.7. The first-order valence-electron chi connectivity index (χ1n) is 9.27. The highest BCUT2D eigenvalue weighted by molar-refractivity contribution is 6.19. The molecule has 140 valence electrons. The Kier molecular flexibility index (Phi) is 5.69. The summed E-state index contributed by atoms with van der Waals surface area (Å²) in [5.74, 6) is -0.128. The molecule has 1 aliphatic rings. The van der Waals surface area contributed by atoms with Gasteiger partial charge in [-0.05, 0) is 42.2 Å². The van der Waals surface area contributed by atoms with Gasteiger partial charge < -0.3 is 5.32 Å². The Balaban J connectivity index is 1.74. The van der Waals surface area contributed by atoms with Gasteiger partial charge in [-0.1, -0.05) is 44.2 Å². The van der Waals surface area contributed by atoms with Gasteiger partial charge in [-0.25, -0.2) is 0 Å². The van der Waals surface area contributed by atoms with Crippen LogP contribution in [0.3, 0.4) is 0 Å². The minimum absolute atomic E-state index is 0.0693. The second-order valence-corrected chi connectivity index (χ2v) is 7.24. The predicted molar refractivity (Wildman–Crippen MR) is 104 cm³/mol. The molecule has 0 saturated carbocycles. The van der Waals surface area contributed by atoms with Crippen molar-refractivity contribution in [2.45, 2.75) is 39.2 Å². The number of benzene rings is 2. The Morgan fingerprint density at radius 3 is 2.11 bits per heavy atom. The van der Waals surface area contributed by atoms with E-state index in [9.17, 15) is 14.4 Å². The van der Waals surface area contributed by atoms with Crippen LogP contribution in [0.15, 0.2) is 54.6 Å². The summed E-state index contributed by atoms with van der Waals surface area (Å²) in [5, 5.41) is 3.10. The number of nitrogens with one attached hydrogen (secondary N) is 1. The van der Waals surface area contributed by atoms with Crippen LogP contribution >= 0.6 is 0 Å². The number of hydrogen-bond donors (Lipinski definition) is 1. The first-order chi connectivity index (χ1) is 13.0. The van der Waals surface area contributed by atoms with E-state index in [0.29, 0.717) is 17.2 Å². The molecule has 2 aromatic carbocycles. The first-order valence-corrected chi connectivity index (χ1v) is 9.27. The monoisotopic (exact) mass is 364 g/mol. The predicted octanol–water partition coefficient (Wildman–Crippen LogP) is 3.86. The number of anilines is 1. The minimum atomic E-state index is -0.196. The zero-order valence-electron chi connectivity index (χ0n) is 15.6. The van der Waals surface area contributed by atoms with Gasteiger partial charge >= 0.3 is 0 Å². The molecule has 0 aromatic heterocycles. The number of carbonyl (C=O) groups excluding carboxylic acids is 3. The van der Waals surface area contributed by atoms with E-state index in [4.69, 9.17) is 0 Å². The van der Waals surface area contributed by atoms with E-state index in [0.717, 1.165) is 12.0 Å². The highest BCUT2D eigenvalue weighted by Gasteiger charge is 2.30. The van der Waals surface area contributed by atoms with Crippen molar-refractivity contribution in [1.29, 1.82) is 0 Å². The minimum Gasteiger partial charge on any atom is -0.345 e. The van der Waals surface area contributed by atoms with Crippen LogP contribution in [0.2, 0.25) is 0 Å². The molecule has 3 amide bonds. The average molecular weight is 364 g/mol. The molecule has 1 N–H and O–H groups in total. The maximum Gasteiger partial charge on any atom is 0.251 e. The molecule has 3 rings (SSSR count). The molecule has 1 aliphatic heterocycles. The molecule has 0 spiro atoms. The van der Waals surface area contributed by atoms with Gasteiger partial charge in [0.15, 0.2) is 0 Å². The van der Waals surface area contributed by atoms with Gasteiger partial charge in [0.1, 0.15) is 0 Å². The van der Waals surface area contributed by atoms with E-state index < -0.39 is 0 Å². The van der Waals surface area contributed by atoms with Gasteiger partial charge in [-0.2, -0.15) is 0 Å². The molecule has 1 heterocycles. The second-order valence-electron chi connectivity index (χ2n) is 7.24. The van der Waals surface area contributed by atoms with Crippen molar-refractivity contribution in [1.82, 2.24) is 5.32 Å². The number of hydrogen-bond acceptors (Lipinski definition) is 3. The lowest BCUT2D eigenvalue weighted by atomic mass is 9.96. The fraction of sp³-hybridized carbons (Fsp3) is 0.318. The quantitative estimate of drug-likeness (QED) is 0.792. The maximum atomic E-state index is 12.7. The van der Waals surface area contributed by atoms with Crippen molar-refractivity contribution in [3.63, 3.8) is 0 Å². The van der Waals surface area contributed by atoms with Crippen LogP contribution in [0.1, 0.15) is 55.1 Å². The molecular formula is C22H24N2O3. The van der Waals surface area contributed by atoms with Gasteiger partial charge in [-0.15, -0.1) is 0 Å². The third kappa shape index (κ3) is 4.42. The summed E-state index contributed by atoms with van der Waals surface area (Å²) in [6.07, 6.45) is 1.33. The third-order valence-electron chi connectivity index (χ3n) is 4.65. The van der Waals surface area contributed by atoms with Crippen LogP contribution in [0.4, 0.5) is 5.69 Å². The van der Waals surface area contributed by atoms with Crippen molar-refractivity contribution in [2.75, 3.05) is 4.90 Å². The molecule has 0 radical (unpaired) electrons. The van der Waals surface area contributed by atoms with Crippen LogP contribution in [0.25, 0.3) is 0 Å². The standard InChI is InChI=1S/C22H24N2O3/c1-15(2)14-19(16-6-4-3-5-7-16)23-22(27)17-8-10-18(11-9-17)24-20(25)12-13-21(24)26/h3-11,15,19H,12-14H2,1-2H3,(H,23,27)/t19-/m1/s1. The number of imide groups is 1. The lowest BCUT2D eigenvalue weighted by Crippen LogP contribution is -2.30. The zero-order valence-corrected chi connectivity index (χ0v) is 15.6. The highest BCUT2D eigenvalue weighted by Crippen LogP contribution is 2.24. The number of carbonyl (C=O) groups is 3. The topological polar surface area (TPSA) is 66.5 Å². The summed E-state index contributed by atoms with van der Waals surface area (Å²) < 4.78 is 0. The molecule has 1 atom stereocenters. The Hall–Kier alpha value is -2.95. The fourth-order valence-electron chi connectivity index (χ4n) is 3.30. The molecule has 27 heavy (non-hydrogen) atoms. The molecular weight excluding hydrogens is 340 g/mol. The van der Waals surface area contributed by atoms with E-state index in [-0.39, 0.29) is 36.6 Å². The van der Waals surface area contributed by atoms with Gasteiger partial charge in [0.05, 0.1) is 11.7 Å². The van der Waals surface area contributed by atoms with Crippen molar-refractivity contribution in [3.05, 3.63) is 65.7 Å². The smallest absolute Gasteiger partial charge is 0.251 e. The van der Waals surface area contributed by atoms with Gasteiger partial charge in [0, 0.05) is 18.4 Å². The number of rotatable bonds is 6. The Morgan fingerprint density at radius 1 is 0.963 bits per heavy atom. The molecule has 1 saturated heterocycles. The van der Waals surface area contributed by atoms with E-state index in [1.165, 1.54) is 4.90 Å². The van der Waals surface area contributed by atoms with Gasteiger partial charge in [0.2, 0.25) is 11.8 Å². The largest absolute Gasteiger partial charge is 0.345 e. The summed E-state index contributed by atoms with van der Waals surface area (Å²) in [7, 11) is 0. The van der Waals surface area contributed by atoms with Gasteiger partial charge in [-0.3, -0.25) is 19.3 Å². The van der Waals surface area contributed by atoms with Crippen LogP contribution in [-0.2, 0) is 9.59 Å². The number of nitrogens with zero attached hydrogens (tertiary/aromatic N) is 1. The lowest BCUT2D eigenvalue weighted by Gasteiger charge is -2.21. The van der Waals surface area contributed by atoms with Crippen LogP contribution < -0.4 is 10.2 Å². The summed E-state index contributed by atoms with van der Waals surface area (Å²) in [6, 6.07) is 16.5. The van der Waals surface area contributed by atoms with E-state index in [1.807, 2.05) is 30.3 Å². The molecule has 5 nitrogen and oxygen atoms in total. The van der Waals surface area contributed by atoms with Gasteiger partial charge in [0.25, 0.3) is 5.91 Å². The molecule has 2 aromatic rings. The van der Waals surface area contributed by atoms with Crippen molar-refractivity contribution < 1.29 is 14.4 Å². The van der Waals surface area contributed by atoms with Crippen LogP contribution in [0.5, 0.6) is 0 Å². The molecule has 0 aliphatic carbocycles. The van der Waals surface area contributed by atoms with Crippen molar-refractivity contribution in [3.8, 4) is 0 Å². The highest BCUT2D eigenvalue weighted by atomic mass is 16.2. The molecule has 5 heteroatoms. The summed E-state index contributed by atoms with van der Waals surface area (Å²) in [5.41, 5.74) is 2.09. The SMILES string of the molecule is CC(C)C[C@@H](NC(=O)c1ccc(N2C(=O)CCC2=O)cc1)c1ccccc1. The van der Waals surface area contributed by atoms with Crippen molar-refractivity contribution in [2.24, 2.45) is 5.92 Å². The first kappa shape index (κ1) is 18.8. The third-order valence-corrected chi connectivity index (χ3v) is 4.65. The van der Waals surface area contributed by atoms with E-state index in [1.54, 1.807) is 24.3 Å². The van der Waals surface area contributed by atoms with Crippen LogP contribution in [0, 0.1) is 5.92 Å². The Bertz CT molecular complexity index is 812. The molecule has 1 fully saturated rings. The fourth-order valence-corrected chi connectivity index (χ4v) is 3.30. The number of amides is 3. The van der Waals surface area contributed by atoms with E-state index >= 15 is 0 Å². The summed E-state index contributed by atoms with van der Waals surface area (Å²) in [6.45, 7) is 4.25. The molecule has 0 bridgehead atoms. The Morgan fingerprint density at radius 2 is 1.56 bits per heavy atom. The zero-order chi connectivity index (χ0) is 19.4. The average Bonchev–Trinajstić information content (AvgIpc) is 3.00. The normalized spacial score (nSPS) is 15.3.